The van der Waals surface area contributed by atoms with Crippen molar-refractivity contribution in [1.29, 1.82) is 0 Å². The lowest BCUT2D eigenvalue weighted by Crippen LogP contribution is -2.33. The first-order valence-corrected chi connectivity index (χ1v) is 12.1. The second kappa shape index (κ2) is 8.79. The third-order valence-corrected chi connectivity index (χ3v) is 7.43. The Morgan fingerprint density at radius 3 is 2.57 bits per heavy atom. The van der Waals surface area contributed by atoms with Gasteiger partial charge in [-0.2, -0.15) is 5.10 Å². The number of pyridine rings is 3. The van der Waals surface area contributed by atoms with E-state index in [1.54, 1.807) is 26.0 Å². The van der Waals surface area contributed by atoms with Gasteiger partial charge in [0, 0.05) is 24.1 Å². The first kappa shape index (κ1) is 23.0. The smallest absolute Gasteiger partial charge is 0.343 e. The topological polar surface area (TPSA) is 112 Å². The number of carbonyl (C=O) groups excluding carboxylic acids is 1. The molecule has 1 aliphatic carbocycles. The standard InChI is InChI=1S/C26H29N5O4/c1-5-35-26(34)22-16(4)28-29-23(22)31-12-10-20-18(25(31)33)13-17-19(27-20)9-11-30(24(17)32)21-8-6-7-14(2)15(21)3/h9-15,21H,5-8H2,1-4H3,(H,28,29)/t14-,15-,21+/m0/s1. The van der Waals surface area contributed by atoms with Gasteiger partial charge < -0.3 is 9.30 Å². The Labute approximate surface area is 201 Å². The van der Waals surface area contributed by atoms with Gasteiger partial charge in [-0.1, -0.05) is 26.7 Å². The number of carbonyl (C=O) groups is 1. The predicted molar refractivity (Wildman–Crippen MR) is 133 cm³/mol. The average Bonchev–Trinajstić information content (AvgIpc) is 3.22. The number of aryl methyl sites for hydroxylation is 1. The van der Waals surface area contributed by atoms with Gasteiger partial charge in [-0.05, 0) is 50.3 Å². The number of nitrogens with one attached hydrogen (secondary N) is 1. The zero-order chi connectivity index (χ0) is 24.9. The van der Waals surface area contributed by atoms with Gasteiger partial charge in [-0.3, -0.25) is 19.3 Å². The van der Waals surface area contributed by atoms with Crippen molar-refractivity contribution in [1.82, 2.24) is 24.3 Å². The quantitative estimate of drug-likeness (QED) is 0.354. The summed E-state index contributed by atoms with van der Waals surface area (Å²) in [6.07, 6.45) is 6.59. The summed E-state index contributed by atoms with van der Waals surface area (Å²) >= 11 is 0. The molecule has 35 heavy (non-hydrogen) atoms. The van der Waals surface area contributed by atoms with Gasteiger partial charge in [-0.25, -0.2) is 9.78 Å². The van der Waals surface area contributed by atoms with Crippen LogP contribution in [0.3, 0.4) is 0 Å². The molecule has 4 heterocycles. The highest BCUT2D eigenvalue weighted by atomic mass is 16.5. The molecule has 0 aromatic carbocycles. The largest absolute Gasteiger partial charge is 0.462 e. The predicted octanol–water partition coefficient (Wildman–Crippen LogP) is 3.91. The number of hydrogen-bond acceptors (Lipinski definition) is 6. The molecule has 0 unspecified atom stereocenters. The minimum atomic E-state index is -0.559. The summed E-state index contributed by atoms with van der Waals surface area (Å²) < 4.78 is 8.25. The Balaban J connectivity index is 1.68. The molecule has 0 aliphatic heterocycles. The third kappa shape index (κ3) is 3.75. The number of H-pyrrole nitrogens is 1. The molecule has 9 nitrogen and oxygen atoms in total. The molecule has 1 fully saturated rings. The van der Waals surface area contributed by atoms with Crippen LogP contribution in [0, 0.1) is 18.8 Å². The monoisotopic (exact) mass is 475 g/mol. The first-order valence-electron chi connectivity index (χ1n) is 12.1. The van der Waals surface area contributed by atoms with E-state index in [9.17, 15) is 14.4 Å². The van der Waals surface area contributed by atoms with E-state index in [0.29, 0.717) is 33.9 Å². The minimum absolute atomic E-state index is 0.123. The van der Waals surface area contributed by atoms with Gasteiger partial charge in [0.25, 0.3) is 11.1 Å². The highest BCUT2D eigenvalue weighted by molar-refractivity contribution is 5.95. The van der Waals surface area contributed by atoms with Crippen molar-refractivity contribution in [2.45, 2.75) is 53.0 Å². The number of ether oxygens (including phenoxy) is 1. The molecule has 182 valence electrons. The van der Waals surface area contributed by atoms with Crippen molar-refractivity contribution < 1.29 is 9.53 Å². The molecular formula is C26H29N5O4. The molecule has 3 atom stereocenters. The van der Waals surface area contributed by atoms with Crippen molar-refractivity contribution in [3.8, 4) is 5.82 Å². The van der Waals surface area contributed by atoms with Crippen LogP contribution in [0.25, 0.3) is 27.6 Å². The first-order chi connectivity index (χ1) is 16.8. The summed E-state index contributed by atoms with van der Waals surface area (Å²) in [4.78, 5) is 44.2. The van der Waals surface area contributed by atoms with Gasteiger partial charge >= 0.3 is 5.97 Å². The van der Waals surface area contributed by atoms with Crippen LogP contribution in [0.5, 0.6) is 0 Å². The van der Waals surface area contributed by atoms with Gasteiger partial charge in [0.15, 0.2) is 5.82 Å². The number of rotatable bonds is 4. The van der Waals surface area contributed by atoms with Crippen LogP contribution < -0.4 is 11.1 Å². The van der Waals surface area contributed by atoms with Crippen molar-refractivity contribution in [3.63, 3.8) is 0 Å². The summed E-state index contributed by atoms with van der Waals surface area (Å²) in [6.45, 7) is 8.06. The molecule has 0 amide bonds. The van der Waals surface area contributed by atoms with Crippen LogP contribution in [-0.4, -0.2) is 36.9 Å². The number of fused-ring (bicyclic) bond motifs is 2. The van der Waals surface area contributed by atoms with Crippen molar-refractivity contribution in [2.75, 3.05) is 6.61 Å². The van der Waals surface area contributed by atoms with E-state index in [1.807, 2.05) is 16.8 Å². The van der Waals surface area contributed by atoms with Crippen LogP contribution >= 0.6 is 0 Å². The van der Waals surface area contributed by atoms with Crippen molar-refractivity contribution >= 4 is 27.8 Å². The lowest BCUT2D eigenvalue weighted by atomic mass is 9.78. The van der Waals surface area contributed by atoms with Crippen LogP contribution in [0.15, 0.2) is 40.2 Å². The number of aromatic nitrogens is 5. The molecule has 1 N–H and O–H groups in total. The minimum Gasteiger partial charge on any atom is -0.462 e. The third-order valence-electron chi connectivity index (χ3n) is 7.43. The molecule has 0 saturated heterocycles. The zero-order valence-corrected chi connectivity index (χ0v) is 20.4. The Kier molecular flexibility index (Phi) is 5.78. The Hall–Kier alpha value is -3.75. The Morgan fingerprint density at radius 1 is 1.11 bits per heavy atom. The van der Waals surface area contributed by atoms with E-state index in [-0.39, 0.29) is 35.0 Å². The number of esters is 1. The van der Waals surface area contributed by atoms with E-state index in [1.165, 1.54) is 17.2 Å². The van der Waals surface area contributed by atoms with Crippen LogP contribution in [0.4, 0.5) is 0 Å². The van der Waals surface area contributed by atoms with Crippen molar-refractivity contribution in [2.24, 2.45) is 11.8 Å². The Bertz CT molecular complexity index is 1560. The summed E-state index contributed by atoms with van der Waals surface area (Å²) in [5.41, 5.74) is 1.17. The lowest BCUT2D eigenvalue weighted by Gasteiger charge is -2.35. The normalized spacial score (nSPS) is 20.4. The Morgan fingerprint density at radius 2 is 1.83 bits per heavy atom. The fourth-order valence-electron chi connectivity index (χ4n) is 5.25. The summed E-state index contributed by atoms with van der Waals surface area (Å²) in [5, 5.41) is 7.63. The van der Waals surface area contributed by atoms with Gasteiger partial charge in [0.05, 0.1) is 28.4 Å². The molecule has 4 aromatic heterocycles. The van der Waals surface area contributed by atoms with E-state index < -0.39 is 11.5 Å². The lowest BCUT2D eigenvalue weighted by molar-refractivity contribution is 0.0525. The molecule has 0 radical (unpaired) electrons. The average molecular weight is 476 g/mol. The molecule has 1 saturated carbocycles. The van der Waals surface area contributed by atoms with Crippen LogP contribution in [0.2, 0.25) is 0 Å². The molecule has 0 bridgehead atoms. The molecule has 0 spiro atoms. The maximum atomic E-state index is 13.5. The summed E-state index contributed by atoms with van der Waals surface area (Å²) in [6, 6.07) is 5.28. The van der Waals surface area contributed by atoms with E-state index >= 15 is 0 Å². The second-order valence-corrected chi connectivity index (χ2v) is 9.48. The molecule has 1 aliphatic rings. The van der Waals surface area contributed by atoms with Gasteiger partial charge in [0.1, 0.15) is 5.56 Å². The zero-order valence-electron chi connectivity index (χ0n) is 20.4. The molecular weight excluding hydrogens is 446 g/mol. The van der Waals surface area contributed by atoms with Gasteiger partial charge in [-0.15, -0.1) is 0 Å². The highest BCUT2D eigenvalue weighted by Gasteiger charge is 2.29. The number of hydrogen-bond donors (Lipinski definition) is 1. The molecule has 5 rings (SSSR count). The fourth-order valence-corrected chi connectivity index (χ4v) is 5.25. The van der Waals surface area contributed by atoms with Crippen LogP contribution in [0.1, 0.15) is 62.1 Å². The molecule has 9 heteroatoms. The fraction of sp³-hybridized carbons (Fsp3) is 0.423. The van der Waals surface area contributed by atoms with E-state index in [4.69, 9.17) is 4.74 Å². The second-order valence-electron chi connectivity index (χ2n) is 9.48. The number of aromatic amines is 1. The van der Waals surface area contributed by atoms with Crippen molar-refractivity contribution in [3.05, 3.63) is 62.6 Å². The van der Waals surface area contributed by atoms with E-state index in [2.05, 4.69) is 29.0 Å². The number of nitrogens with zero attached hydrogens (tertiary/aromatic N) is 4. The van der Waals surface area contributed by atoms with E-state index in [0.717, 1.165) is 12.8 Å². The molecule has 4 aromatic rings. The SMILES string of the molecule is CCOC(=O)c1c(-n2ccc3nc4ccn([C@@H]5CCC[C@H](C)[C@@H]5C)c(=O)c4cc3c2=O)n[nH]c1C. The van der Waals surface area contributed by atoms with Crippen LogP contribution in [-0.2, 0) is 4.74 Å². The maximum Gasteiger partial charge on any atom is 0.343 e. The summed E-state index contributed by atoms with van der Waals surface area (Å²) in [7, 11) is 0. The highest BCUT2D eigenvalue weighted by Crippen LogP contribution is 2.37. The summed E-state index contributed by atoms with van der Waals surface area (Å²) in [5.74, 6) is 0.525. The maximum absolute atomic E-state index is 13.5. The van der Waals surface area contributed by atoms with Gasteiger partial charge in [0.2, 0.25) is 0 Å².